The van der Waals surface area contributed by atoms with Crippen molar-refractivity contribution in [3.63, 3.8) is 0 Å². The molecule has 0 saturated carbocycles. The second-order valence-corrected chi connectivity index (χ2v) is 3.70. The number of aryl methyl sites for hydroxylation is 1. The summed E-state index contributed by atoms with van der Waals surface area (Å²) < 4.78 is 1.85. The molecule has 2 N–H and O–H groups in total. The highest BCUT2D eigenvalue weighted by atomic mass is 16.3. The van der Waals surface area contributed by atoms with Gasteiger partial charge in [0.05, 0.1) is 0 Å². The summed E-state index contributed by atoms with van der Waals surface area (Å²) in [6.07, 6.45) is 0. The molecular formula is C11H14N4O. The van der Waals surface area contributed by atoms with E-state index in [9.17, 15) is 5.11 Å². The van der Waals surface area contributed by atoms with Gasteiger partial charge in [-0.05, 0) is 26.0 Å². The fourth-order valence-corrected chi connectivity index (χ4v) is 1.40. The molecule has 0 radical (unpaired) electrons. The first-order chi connectivity index (χ1) is 7.59. The number of aromatic nitrogens is 3. The van der Waals surface area contributed by atoms with Crippen molar-refractivity contribution in [2.75, 3.05) is 5.32 Å². The van der Waals surface area contributed by atoms with Crippen LogP contribution in [-0.4, -0.2) is 19.9 Å². The number of aromatic hydroxyl groups is 1. The molecule has 1 aromatic carbocycles. The molecule has 2 rings (SSSR count). The summed E-state index contributed by atoms with van der Waals surface area (Å²) in [6, 6.07) is 5.33. The average Bonchev–Trinajstić information content (AvgIpc) is 2.57. The lowest BCUT2D eigenvalue weighted by Crippen LogP contribution is -2.01. The van der Waals surface area contributed by atoms with E-state index in [0.717, 1.165) is 17.1 Å². The summed E-state index contributed by atoms with van der Waals surface area (Å²) in [6.45, 7) is 3.73. The van der Waals surface area contributed by atoms with Crippen LogP contribution in [0, 0.1) is 13.8 Å². The monoisotopic (exact) mass is 218 g/mol. The minimum absolute atomic E-state index is 0.267. The van der Waals surface area contributed by atoms with Gasteiger partial charge < -0.3 is 15.0 Å². The average molecular weight is 218 g/mol. The van der Waals surface area contributed by atoms with Gasteiger partial charge in [-0.2, -0.15) is 0 Å². The van der Waals surface area contributed by atoms with Crippen molar-refractivity contribution in [2.24, 2.45) is 7.05 Å². The van der Waals surface area contributed by atoms with Crippen molar-refractivity contribution < 1.29 is 5.11 Å². The van der Waals surface area contributed by atoms with Gasteiger partial charge in [0.1, 0.15) is 11.6 Å². The first kappa shape index (κ1) is 10.5. The largest absolute Gasteiger partial charge is 0.508 e. The zero-order chi connectivity index (χ0) is 11.7. The summed E-state index contributed by atoms with van der Waals surface area (Å²) in [4.78, 5) is 0. The smallest absolute Gasteiger partial charge is 0.228 e. The van der Waals surface area contributed by atoms with Gasteiger partial charge in [-0.3, -0.25) is 0 Å². The van der Waals surface area contributed by atoms with Gasteiger partial charge in [-0.25, -0.2) is 0 Å². The lowest BCUT2D eigenvalue weighted by atomic mass is 10.2. The maximum atomic E-state index is 9.57. The molecule has 0 aliphatic rings. The van der Waals surface area contributed by atoms with E-state index in [1.165, 1.54) is 0 Å². The Balaban J connectivity index is 2.34. The Morgan fingerprint density at radius 2 is 2.00 bits per heavy atom. The van der Waals surface area contributed by atoms with E-state index in [1.54, 1.807) is 12.1 Å². The van der Waals surface area contributed by atoms with Crippen molar-refractivity contribution in [3.05, 3.63) is 29.6 Å². The Morgan fingerprint density at radius 1 is 1.25 bits per heavy atom. The van der Waals surface area contributed by atoms with Crippen LogP contribution in [0.3, 0.4) is 0 Å². The fraction of sp³-hybridized carbons (Fsp3) is 0.273. The first-order valence-corrected chi connectivity index (χ1v) is 5.01. The van der Waals surface area contributed by atoms with Crippen LogP contribution in [0.2, 0.25) is 0 Å². The van der Waals surface area contributed by atoms with Crippen LogP contribution < -0.4 is 5.32 Å². The second kappa shape index (κ2) is 3.84. The summed E-state index contributed by atoms with van der Waals surface area (Å²) >= 11 is 0. The summed E-state index contributed by atoms with van der Waals surface area (Å²) in [5.74, 6) is 1.76. The number of phenols is 1. The van der Waals surface area contributed by atoms with Crippen LogP contribution in [0.4, 0.5) is 11.6 Å². The molecule has 1 heterocycles. The molecule has 2 aromatic rings. The lowest BCUT2D eigenvalue weighted by molar-refractivity contribution is 0.471. The van der Waals surface area contributed by atoms with E-state index in [2.05, 4.69) is 15.5 Å². The van der Waals surface area contributed by atoms with Crippen LogP contribution in [0.5, 0.6) is 5.75 Å². The van der Waals surface area contributed by atoms with Gasteiger partial charge in [0.15, 0.2) is 0 Å². The molecule has 0 saturated heterocycles. The normalized spacial score (nSPS) is 10.4. The number of nitrogens with one attached hydrogen (secondary N) is 1. The molecule has 0 aliphatic heterocycles. The van der Waals surface area contributed by atoms with Crippen molar-refractivity contribution in [1.82, 2.24) is 14.8 Å². The van der Waals surface area contributed by atoms with Gasteiger partial charge in [-0.1, -0.05) is 6.07 Å². The Hall–Kier alpha value is -2.04. The van der Waals surface area contributed by atoms with Crippen LogP contribution in [0.25, 0.3) is 0 Å². The number of phenolic OH excluding ortho intramolecular Hbond substituents is 1. The van der Waals surface area contributed by atoms with E-state index < -0.39 is 0 Å². The number of hydrogen-bond donors (Lipinski definition) is 2. The maximum absolute atomic E-state index is 9.57. The minimum Gasteiger partial charge on any atom is -0.508 e. The van der Waals surface area contributed by atoms with Crippen molar-refractivity contribution in [1.29, 1.82) is 0 Å². The number of rotatable bonds is 2. The molecule has 1 aromatic heterocycles. The maximum Gasteiger partial charge on any atom is 0.228 e. The van der Waals surface area contributed by atoms with Crippen LogP contribution in [-0.2, 0) is 7.05 Å². The molecule has 0 bridgehead atoms. The number of anilines is 2. The van der Waals surface area contributed by atoms with E-state index in [4.69, 9.17) is 0 Å². The summed E-state index contributed by atoms with van der Waals surface area (Å²) in [5.41, 5.74) is 1.62. The number of nitrogens with zero attached hydrogens (tertiary/aromatic N) is 3. The third-order valence-corrected chi connectivity index (χ3v) is 2.64. The highest BCUT2D eigenvalue weighted by Gasteiger charge is 2.07. The lowest BCUT2D eigenvalue weighted by Gasteiger charge is -2.09. The summed E-state index contributed by atoms with van der Waals surface area (Å²) in [5, 5.41) is 20.7. The molecule has 0 atom stereocenters. The molecule has 5 nitrogen and oxygen atoms in total. The zero-order valence-electron chi connectivity index (χ0n) is 9.52. The van der Waals surface area contributed by atoms with E-state index in [1.807, 2.05) is 31.5 Å². The standard InChI is InChI=1S/C11H14N4O/c1-7-9(5-4-6-10(7)16)12-11-14-13-8(2)15(11)3/h4-6,16H,1-3H3,(H,12,14). The van der Waals surface area contributed by atoms with E-state index in [-0.39, 0.29) is 5.75 Å². The predicted octanol–water partition coefficient (Wildman–Crippen LogP) is 1.88. The molecule has 0 unspecified atom stereocenters. The Kier molecular flexibility index (Phi) is 2.52. The molecule has 0 spiro atoms. The number of benzene rings is 1. The topological polar surface area (TPSA) is 63.0 Å². The van der Waals surface area contributed by atoms with Gasteiger partial charge in [-0.15, -0.1) is 10.2 Å². The molecule has 0 amide bonds. The second-order valence-electron chi connectivity index (χ2n) is 3.70. The molecule has 0 fully saturated rings. The van der Waals surface area contributed by atoms with Crippen molar-refractivity contribution in [3.8, 4) is 5.75 Å². The van der Waals surface area contributed by atoms with Crippen LogP contribution in [0.15, 0.2) is 18.2 Å². The highest BCUT2D eigenvalue weighted by Crippen LogP contribution is 2.26. The third-order valence-electron chi connectivity index (χ3n) is 2.64. The molecule has 16 heavy (non-hydrogen) atoms. The van der Waals surface area contributed by atoms with Gasteiger partial charge in [0.25, 0.3) is 0 Å². The van der Waals surface area contributed by atoms with Gasteiger partial charge in [0.2, 0.25) is 5.95 Å². The highest BCUT2D eigenvalue weighted by molar-refractivity contribution is 5.61. The Morgan fingerprint density at radius 3 is 2.62 bits per heavy atom. The quantitative estimate of drug-likeness (QED) is 0.807. The molecular weight excluding hydrogens is 204 g/mol. The van der Waals surface area contributed by atoms with Gasteiger partial charge in [0, 0.05) is 18.3 Å². The Labute approximate surface area is 93.8 Å². The Bertz CT molecular complexity index is 519. The van der Waals surface area contributed by atoms with Crippen molar-refractivity contribution >= 4 is 11.6 Å². The van der Waals surface area contributed by atoms with E-state index in [0.29, 0.717) is 5.95 Å². The van der Waals surface area contributed by atoms with Crippen molar-refractivity contribution in [2.45, 2.75) is 13.8 Å². The third kappa shape index (κ3) is 1.71. The first-order valence-electron chi connectivity index (χ1n) is 5.01. The molecule has 84 valence electrons. The minimum atomic E-state index is 0.267. The molecule has 5 heteroatoms. The SMILES string of the molecule is Cc1c(O)cccc1Nc1nnc(C)n1C. The van der Waals surface area contributed by atoms with Crippen LogP contribution in [0.1, 0.15) is 11.4 Å². The zero-order valence-corrected chi connectivity index (χ0v) is 9.52. The predicted molar refractivity (Wildman–Crippen MR) is 61.9 cm³/mol. The fourth-order valence-electron chi connectivity index (χ4n) is 1.40. The van der Waals surface area contributed by atoms with Gasteiger partial charge >= 0.3 is 0 Å². The van der Waals surface area contributed by atoms with E-state index >= 15 is 0 Å². The number of hydrogen-bond acceptors (Lipinski definition) is 4. The van der Waals surface area contributed by atoms with Crippen LogP contribution >= 0.6 is 0 Å². The molecule has 0 aliphatic carbocycles. The summed E-state index contributed by atoms with van der Waals surface area (Å²) in [7, 11) is 1.88.